The van der Waals surface area contributed by atoms with E-state index >= 15 is 0 Å². The van der Waals surface area contributed by atoms with Gasteiger partial charge in [-0.25, -0.2) is 4.98 Å². The Morgan fingerprint density at radius 1 is 0.773 bits per heavy atom. The second-order valence-electron chi connectivity index (χ2n) is 4.85. The Hall–Kier alpha value is -2.62. The fourth-order valence-corrected chi connectivity index (χ4v) is 2.25. The lowest BCUT2D eigenvalue weighted by Crippen LogP contribution is -2.06. The number of pyridine rings is 1. The third kappa shape index (κ3) is 3.01. The molecule has 110 valence electrons. The number of halogens is 3. The van der Waals surface area contributed by atoms with Gasteiger partial charge < -0.3 is 0 Å². The average molecular weight is 299 g/mol. The molecule has 3 aromatic rings. The predicted octanol–water partition coefficient (Wildman–Crippen LogP) is 5.42. The number of nitrogens with zero attached hydrogens (tertiary/aromatic N) is 1. The summed E-state index contributed by atoms with van der Waals surface area (Å²) in [5.41, 5.74) is 0.918. The van der Waals surface area contributed by atoms with Crippen molar-refractivity contribution in [3.8, 4) is 0 Å². The first-order chi connectivity index (χ1) is 10.5. The number of alkyl halides is 3. The van der Waals surface area contributed by atoms with E-state index in [-0.39, 0.29) is 5.56 Å². The average Bonchev–Trinajstić information content (AvgIpc) is 2.52. The SMILES string of the molecule is FC(F)(F)c1ccccc1/C=C/c1ccc2ccccc2n1. The summed E-state index contributed by atoms with van der Waals surface area (Å²) in [4.78, 5) is 4.41. The van der Waals surface area contributed by atoms with Gasteiger partial charge in [0.1, 0.15) is 0 Å². The molecule has 1 aromatic heterocycles. The van der Waals surface area contributed by atoms with Gasteiger partial charge in [-0.2, -0.15) is 13.2 Å². The fourth-order valence-electron chi connectivity index (χ4n) is 2.25. The zero-order valence-corrected chi connectivity index (χ0v) is 11.5. The molecule has 0 aliphatic rings. The number of fused-ring (bicyclic) bond motifs is 1. The lowest BCUT2D eigenvalue weighted by Gasteiger charge is -2.09. The molecule has 1 heterocycles. The second-order valence-corrected chi connectivity index (χ2v) is 4.85. The van der Waals surface area contributed by atoms with E-state index in [0.717, 1.165) is 17.0 Å². The fraction of sp³-hybridized carbons (Fsp3) is 0.0556. The predicted molar refractivity (Wildman–Crippen MR) is 82.1 cm³/mol. The van der Waals surface area contributed by atoms with E-state index in [2.05, 4.69) is 4.98 Å². The number of rotatable bonds is 2. The van der Waals surface area contributed by atoms with Gasteiger partial charge in [-0.3, -0.25) is 0 Å². The third-order valence-corrected chi connectivity index (χ3v) is 3.32. The molecule has 0 spiro atoms. The molecule has 0 aliphatic carbocycles. The zero-order valence-electron chi connectivity index (χ0n) is 11.5. The first-order valence-electron chi connectivity index (χ1n) is 6.74. The van der Waals surface area contributed by atoms with Crippen molar-refractivity contribution >= 4 is 23.1 Å². The highest BCUT2D eigenvalue weighted by Gasteiger charge is 2.32. The van der Waals surface area contributed by atoms with Gasteiger partial charge in [0, 0.05) is 5.39 Å². The highest BCUT2D eigenvalue weighted by atomic mass is 19.4. The molecule has 0 amide bonds. The van der Waals surface area contributed by atoms with Crippen LogP contribution in [0.5, 0.6) is 0 Å². The number of para-hydroxylation sites is 1. The van der Waals surface area contributed by atoms with Crippen molar-refractivity contribution in [2.45, 2.75) is 6.18 Å². The van der Waals surface area contributed by atoms with Crippen molar-refractivity contribution in [2.75, 3.05) is 0 Å². The van der Waals surface area contributed by atoms with Crippen LogP contribution in [0, 0.1) is 0 Å². The smallest absolute Gasteiger partial charge is 0.248 e. The molecule has 0 radical (unpaired) electrons. The number of aromatic nitrogens is 1. The van der Waals surface area contributed by atoms with Gasteiger partial charge in [-0.1, -0.05) is 48.5 Å². The van der Waals surface area contributed by atoms with Crippen LogP contribution in [-0.4, -0.2) is 4.98 Å². The normalized spacial score (nSPS) is 12.1. The maximum atomic E-state index is 12.9. The summed E-state index contributed by atoms with van der Waals surface area (Å²) in [6, 6.07) is 16.8. The highest BCUT2D eigenvalue weighted by molar-refractivity contribution is 5.81. The zero-order chi connectivity index (χ0) is 15.6. The van der Waals surface area contributed by atoms with E-state index in [9.17, 15) is 13.2 Å². The Balaban J connectivity index is 1.96. The van der Waals surface area contributed by atoms with E-state index in [0.29, 0.717) is 5.69 Å². The summed E-state index contributed by atoms with van der Waals surface area (Å²) in [7, 11) is 0. The van der Waals surface area contributed by atoms with Crippen LogP contribution >= 0.6 is 0 Å². The third-order valence-electron chi connectivity index (χ3n) is 3.32. The molecule has 3 rings (SSSR count). The maximum Gasteiger partial charge on any atom is 0.416 e. The molecule has 0 N–H and O–H groups in total. The molecule has 0 saturated heterocycles. The van der Waals surface area contributed by atoms with Crippen LogP contribution in [0.15, 0.2) is 60.7 Å². The quantitative estimate of drug-likeness (QED) is 0.615. The largest absolute Gasteiger partial charge is 0.416 e. The van der Waals surface area contributed by atoms with Crippen molar-refractivity contribution in [2.24, 2.45) is 0 Å². The monoisotopic (exact) mass is 299 g/mol. The topological polar surface area (TPSA) is 12.9 Å². The van der Waals surface area contributed by atoms with E-state index < -0.39 is 11.7 Å². The number of hydrogen-bond acceptors (Lipinski definition) is 1. The standard InChI is InChI=1S/C18H12F3N/c19-18(20,21)16-7-3-1-5-13(16)9-11-15-12-10-14-6-2-4-8-17(14)22-15/h1-12H/b11-9+. The lowest BCUT2D eigenvalue weighted by molar-refractivity contribution is -0.137. The van der Waals surface area contributed by atoms with E-state index in [1.807, 2.05) is 30.3 Å². The van der Waals surface area contributed by atoms with Crippen LogP contribution in [0.2, 0.25) is 0 Å². The first-order valence-corrected chi connectivity index (χ1v) is 6.74. The molecule has 0 atom stereocenters. The molecule has 0 aliphatic heterocycles. The molecule has 0 saturated carbocycles. The van der Waals surface area contributed by atoms with E-state index in [4.69, 9.17) is 0 Å². The molecule has 0 fully saturated rings. The molecule has 4 heteroatoms. The van der Waals surface area contributed by atoms with Crippen molar-refractivity contribution in [1.29, 1.82) is 0 Å². The van der Waals surface area contributed by atoms with Gasteiger partial charge in [0.05, 0.1) is 16.8 Å². The number of benzene rings is 2. The Labute approximate surface area is 125 Å². The van der Waals surface area contributed by atoms with E-state index in [1.54, 1.807) is 18.2 Å². The minimum atomic E-state index is -4.36. The summed E-state index contributed by atoms with van der Waals surface area (Å²) < 4.78 is 38.8. The van der Waals surface area contributed by atoms with Gasteiger partial charge in [0.25, 0.3) is 0 Å². The van der Waals surface area contributed by atoms with Crippen molar-refractivity contribution in [3.05, 3.63) is 77.5 Å². The van der Waals surface area contributed by atoms with Gasteiger partial charge in [0.2, 0.25) is 0 Å². The summed E-state index contributed by atoms with van der Waals surface area (Å²) in [5.74, 6) is 0. The van der Waals surface area contributed by atoms with Crippen molar-refractivity contribution < 1.29 is 13.2 Å². The molecule has 0 unspecified atom stereocenters. The van der Waals surface area contributed by atoms with Crippen LogP contribution in [0.25, 0.3) is 23.1 Å². The Bertz CT molecular complexity index is 835. The van der Waals surface area contributed by atoms with Crippen LogP contribution in [-0.2, 0) is 6.18 Å². The number of hydrogen-bond donors (Lipinski definition) is 0. The highest BCUT2D eigenvalue weighted by Crippen LogP contribution is 2.32. The molecular formula is C18H12F3N. The Morgan fingerprint density at radius 3 is 2.32 bits per heavy atom. The van der Waals surface area contributed by atoms with Crippen LogP contribution < -0.4 is 0 Å². The van der Waals surface area contributed by atoms with Gasteiger partial charge in [-0.15, -0.1) is 0 Å². The van der Waals surface area contributed by atoms with E-state index in [1.165, 1.54) is 18.2 Å². The van der Waals surface area contributed by atoms with Crippen LogP contribution in [0.3, 0.4) is 0 Å². The summed E-state index contributed by atoms with van der Waals surface area (Å²) >= 11 is 0. The van der Waals surface area contributed by atoms with Crippen LogP contribution in [0.4, 0.5) is 13.2 Å². The molecule has 1 nitrogen and oxygen atoms in total. The van der Waals surface area contributed by atoms with Crippen molar-refractivity contribution in [3.63, 3.8) is 0 Å². The molecular weight excluding hydrogens is 287 g/mol. The molecule has 2 aromatic carbocycles. The maximum absolute atomic E-state index is 12.9. The minimum Gasteiger partial charge on any atom is -0.248 e. The second kappa shape index (κ2) is 5.64. The lowest BCUT2D eigenvalue weighted by atomic mass is 10.1. The molecule has 0 bridgehead atoms. The van der Waals surface area contributed by atoms with Gasteiger partial charge >= 0.3 is 6.18 Å². The molecule has 22 heavy (non-hydrogen) atoms. The Kier molecular flexibility index (Phi) is 3.67. The minimum absolute atomic E-state index is 0.130. The summed E-state index contributed by atoms with van der Waals surface area (Å²) in [6.45, 7) is 0. The first kappa shape index (κ1) is 14.3. The Morgan fingerprint density at radius 2 is 1.50 bits per heavy atom. The summed E-state index contributed by atoms with van der Waals surface area (Å²) in [5, 5.41) is 0.996. The van der Waals surface area contributed by atoms with Gasteiger partial charge in [0.15, 0.2) is 0 Å². The van der Waals surface area contributed by atoms with Gasteiger partial charge in [-0.05, 0) is 29.8 Å². The summed E-state index contributed by atoms with van der Waals surface area (Å²) in [6.07, 6.45) is -1.32. The van der Waals surface area contributed by atoms with Crippen LogP contribution in [0.1, 0.15) is 16.8 Å². The van der Waals surface area contributed by atoms with Crippen molar-refractivity contribution in [1.82, 2.24) is 4.98 Å².